The first-order valence-corrected chi connectivity index (χ1v) is 5.94. The van der Waals surface area contributed by atoms with Crippen molar-refractivity contribution in [3.8, 4) is 0 Å². The van der Waals surface area contributed by atoms with E-state index in [1.165, 1.54) is 12.8 Å². The fourth-order valence-electron chi connectivity index (χ4n) is 2.35. The van der Waals surface area contributed by atoms with Crippen LogP contribution in [-0.2, 0) is 6.54 Å². The van der Waals surface area contributed by atoms with Crippen LogP contribution in [0.25, 0.3) is 0 Å². The van der Waals surface area contributed by atoms with E-state index in [-0.39, 0.29) is 0 Å². The SMILES string of the molecule is c1cnc(N2CCC[C@@H]2Cn2cccn2)nc1. The summed E-state index contributed by atoms with van der Waals surface area (Å²) in [5, 5.41) is 4.26. The largest absolute Gasteiger partial charge is 0.336 e. The molecule has 0 bridgehead atoms. The van der Waals surface area contributed by atoms with E-state index in [4.69, 9.17) is 0 Å². The molecule has 1 atom stereocenters. The Hall–Kier alpha value is -1.91. The Morgan fingerprint density at radius 3 is 2.82 bits per heavy atom. The van der Waals surface area contributed by atoms with Gasteiger partial charge in [-0.15, -0.1) is 0 Å². The van der Waals surface area contributed by atoms with E-state index >= 15 is 0 Å². The summed E-state index contributed by atoms with van der Waals surface area (Å²) in [6.07, 6.45) is 9.79. The highest BCUT2D eigenvalue weighted by Crippen LogP contribution is 2.22. The average Bonchev–Trinajstić information content (AvgIpc) is 3.02. The second-order valence-corrected chi connectivity index (χ2v) is 4.27. The molecule has 1 aliphatic heterocycles. The molecule has 0 saturated carbocycles. The van der Waals surface area contributed by atoms with Crippen LogP contribution in [-0.4, -0.2) is 32.3 Å². The molecule has 0 aliphatic carbocycles. The van der Waals surface area contributed by atoms with Gasteiger partial charge in [0.05, 0.1) is 12.6 Å². The monoisotopic (exact) mass is 229 g/mol. The summed E-state index contributed by atoms with van der Waals surface area (Å²) in [4.78, 5) is 10.9. The molecule has 0 N–H and O–H groups in total. The molecule has 2 aromatic rings. The van der Waals surface area contributed by atoms with Crippen molar-refractivity contribution in [2.45, 2.75) is 25.4 Å². The van der Waals surface area contributed by atoms with Crippen molar-refractivity contribution >= 4 is 5.95 Å². The Bertz CT molecular complexity index is 453. The molecule has 0 aromatic carbocycles. The molecule has 1 aliphatic rings. The lowest BCUT2D eigenvalue weighted by molar-refractivity contribution is 0.505. The molecule has 0 unspecified atom stereocenters. The maximum absolute atomic E-state index is 4.33. The van der Waals surface area contributed by atoms with Crippen molar-refractivity contribution in [3.63, 3.8) is 0 Å². The fourth-order valence-corrected chi connectivity index (χ4v) is 2.35. The minimum Gasteiger partial charge on any atom is -0.336 e. The molecule has 5 nitrogen and oxygen atoms in total. The third-order valence-electron chi connectivity index (χ3n) is 3.14. The minimum absolute atomic E-state index is 0.456. The van der Waals surface area contributed by atoms with Gasteiger partial charge in [0.25, 0.3) is 0 Å². The van der Waals surface area contributed by atoms with Crippen LogP contribution < -0.4 is 4.90 Å². The average molecular weight is 229 g/mol. The highest BCUT2D eigenvalue weighted by Gasteiger charge is 2.26. The molecule has 5 heteroatoms. The summed E-state index contributed by atoms with van der Waals surface area (Å²) in [6, 6.07) is 4.26. The highest BCUT2D eigenvalue weighted by molar-refractivity contribution is 5.32. The van der Waals surface area contributed by atoms with E-state index in [9.17, 15) is 0 Å². The van der Waals surface area contributed by atoms with Crippen LogP contribution in [0.3, 0.4) is 0 Å². The lowest BCUT2D eigenvalue weighted by atomic mass is 10.2. The molecular formula is C12H15N5. The summed E-state index contributed by atoms with van der Waals surface area (Å²) in [7, 11) is 0. The molecule has 1 fully saturated rings. The summed E-state index contributed by atoms with van der Waals surface area (Å²) < 4.78 is 1.98. The number of rotatable bonds is 3. The Morgan fingerprint density at radius 1 is 1.18 bits per heavy atom. The molecule has 0 radical (unpaired) electrons. The fraction of sp³-hybridized carbons (Fsp3) is 0.417. The van der Waals surface area contributed by atoms with Crippen molar-refractivity contribution in [3.05, 3.63) is 36.9 Å². The van der Waals surface area contributed by atoms with Gasteiger partial charge in [0.15, 0.2) is 0 Å². The summed E-state index contributed by atoms with van der Waals surface area (Å²) in [5.74, 6) is 0.835. The van der Waals surface area contributed by atoms with Crippen LogP contribution in [0.4, 0.5) is 5.95 Å². The molecule has 3 heterocycles. The Morgan fingerprint density at radius 2 is 2.06 bits per heavy atom. The standard InChI is InChI=1S/C12H15N5/c1-4-11(10-16-8-3-7-15-16)17(9-1)12-13-5-2-6-14-12/h2-3,5-8,11H,1,4,9-10H2/t11-/m1/s1. The van der Waals surface area contributed by atoms with E-state index in [0.717, 1.165) is 19.0 Å². The van der Waals surface area contributed by atoms with Gasteiger partial charge in [-0.3, -0.25) is 4.68 Å². The number of anilines is 1. The molecule has 0 spiro atoms. The smallest absolute Gasteiger partial charge is 0.225 e. The Labute approximate surface area is 100 Å². The quantitative estimate of drug-likeness (QED) is 0.797. The van der Waals surface area contributed by atoms with Gasteiger partial charge in [-0.05, 0) is 25.0 Å². The van der Waals surface area contributed by atoms with Crippen LogP contribution >= 0.6 is 0 Å². The Kier molecular flexibility index (Phi) is 2.73. The van der Waals surface area contributed by atoms with Crippen molar-refractivity contribution in [2.75, 3.05) is 11.4 Å². The van der Waals surface area contributed by atoms with Crippen molar-refractivity contribution < 1.29 is 0 Å². The first-order chi connectivity index (χ1) is 8.43. The van der Waals surface area contributed by atoms with Crippen molar-refractivity contribution in [1.29, 1.82) is 0 Å². The number of nitrogens with zero attached hydrogens (tertiary/aromatic N) is 5. The third kappa shape index (κ3) is 2.13. The van der Waals surface area contributed by atoms with Gasteiger partial charge >= 0.3 is 0 Å². The second kappa shape index (κ2) is 4.53. The zero-order valence-electron chi connectivity index (χ0n) is 9.61. The molecule has 1 saturated heterocycles. The molecule has 17 heavy (non-hydrogen) atoms. The van der Waals surface area contributed by atoms with E-state index < -0.39 is 0 Å². The number of aromatic nitrogens is 4. The van der Waals surface area contributed by atoms with Gasteiger partial charge in [-0.25, -0.2) is 9.97 Å². The van der Waals surface area contributed by atoms with Gasteiger partial charge in [-0.2, -0.15) is 5.10 Å². The van der Waals surface area contributed by atoms with E-state index in [1.54, 1.807) is 12.4 Å². The van der Waals surface area contributed by atoms with E-state index in [1.807, 2.05) is 29.2 Å². The maximum Gasteiger partial charge on any atom is 0.225 e. The Balaban J connectivity index is 1.76. The maximum atomic E-state index is 4.33. The highest BCUT2D eigenvalue weighted by atomic mass is 15.3. The van der Waals surface area contributed by atoms with Gasteiger partial charge < -0.3 is 4.90 Å². The summed E-state index contributed by atoms with van der Waals surface area (Å²) in [6.45, 7) is 1.95. The van der Waals surface area contributed by atoms with Gasteiger partial charge in [0.2, 0.25) is 5.95 Å². The number of hydrogen-bond acceptors (Lipinski definition) is 4. The van der Waals surface area contributed by atoms with Crippen LogP contribution in [0, 0.1) is 0 Å². The molecule has 2 aromatic heterocycles. The lowest BCUT2D eigenvalue weighted by Gasteiger charge is -2.24. The van der Waals surface area contributed by atoms with Gasteiger partial charge in [-0.1, -0.05) is 0 Å². The number of hydrogen-bond donors (Lipinski definition) is 0. The van der Waals surface area contributed by atoms with Crippen LogP contribution in [0.2, 0.25) is 0 Å². The zero-order valence-corrected chi connectivity index (χ0v) is 9.61. The van der Waals surface area contributed by atoms with Crippen LogP contribution in [0.5, 0.6) is 0 Å². The van der Waals surface area contributed by atoms with E-state index in [2.05, 4.69) is 20.0 Å². The third-order valence-corrected chi connectivity index (χ3v) is 3.14. The van der Waals surface area contributed by atoms with Gasteiger partial charge in [0, 0.05) is 31.3 Å². The molecule has 88 valence electrons. The van der Waals surface area contributed by atoms with Crippen LogP contribution in [0.15, 0.2) is 36.9 Å². The second-order valence-electron chi connectivity index (χ2n) is 4.27. The van der Waals surface area contributed by atoms with Crippen molar-refractivity contribution in [2.24, 2.45) is 0 Å². The first-order valence-electron chi connectivity index (χ1n) is 5.94. The van der Waals surface area contributed by atoms with Crippen molar-refractivity contribution in [1.82, 2.24) is 19.7 Å². The normalized spacial score (nSPS) is 19.8. The predicted octanol–water partition coefficient (Wildman–Crippen LogP) is 1.34. The molecule has 3 rings (SSSR count). The predicted molar refractivity (Wildman–Crippen MR) is 64.6 cm³/mol. The van der Waals surface area contributed by atoms with Gasteiger partial charge in [0.1, 0.15) is 0 Å². The summed E-state index contributed by atoms with van der Waals surface area (Å²) in [5.41, 5.74) is 0. The topological polar surface area (TPSA) is 46.8 Å². The summed E-state index contributed by atoms with van der Waals surface area (Å²) >= 11 is 0. The lowest BCUT2D eigenvalue weighted by Crippen LogP contribution is -2.34. The first kappa shape index (κ1) is 10.3. The van der Waals surface area contributed by atoms with E-state index in [0.29, 0.717) is 6.04 Å². The van der Waals surface area contributed by atoms with Crippen LogP contribution in [0.1, 0.15) is 12.8 Å². The minimum atomic E-state index is 0.456. The molecular weight excluding hydrogens is 214 g/mol. The molecule has 0 amide bonds. The zero-order chi connectivity index (χ0) is 11.5.